The maximum Gasteiger partial charge on any atom is 0.319 e. The standard InChI is InChI=1S/C16H14F2N2O/c17-13-7-6-11(9-14(13)18)19-16(21)20-15-8-5-10-3-1-2-4-12(10)15/h1-4,6-7,9,15H,5,8H2,(H2,19,20,21). The second-order valence-electron chi connectivity index (χ2n) is 5.02. The number of carbonyl (C=O) groups excluding carboxylic acids is 1. The quantitative estimate of drug-likeness (QED) is 0.867. The molecule has 2 aromatic rings. The van der Waals surface area contributed by atoms with Gasteiger partial charge in [-0.15, -0.1) is 0 Å². The zero-order chi connectivity index (χ0) is 14.8. The van der Waals surface area contributed by atoms with Crippen molar-refractivity contribution in [3.8, 4) is 0 Å². The van der Waals surface area contributed by atoms with Gasteiger partial charge in [0.15, 0.2) is 11.6 Å². The minimum absolute atomic E-state index is 0.0495. The Morgan fingerprint density at radius 3 is 2.71 bits per heavy atom. The highest BCUT2D eigenvalue weighted by Gasteiger charge is 2.23. The average Bonchev–Trinajstić information content (AvgIpc) is 2.86. The van der Waals surface area contributed by atoms with Crippen molar-refractivity contribution in [2.45, 2.75) is 18.9 Å². The summed E-state index contributed by atoms with van der Waals surface area (Å²) in [5.41, 5.74) is 2.56. The van der Waals surface area contributed by atoms with E-state index in [0.717, 1.165) is 30.5 Å². The van der Waals surface area contributed by atoms with Crippen molar-refractivity contribution in [1.29, 1.82) is 0 Å². The Bertz CT molecular complexity index is 688. The first-order valence-corrected chi connectivity index (χ1v) is 6.74. The molecule has 1 unspecified atom stereocenters. The number of carbonyl (C=O) groups is 1. The van der Waals surface area contributed by atoms with E-state index in [1.807, 2.05) is 24.3 Å². The fraction of sp³-hybridized carbons (Fsp3) is 0.188. The van der Waals surface area contributed by atoms with Gasteiger partial charge in [-0.05, 0) is 36.1 Å². The minimum atomic E-state index is -0.987. The number of anilines is 1. The highest BCUT2D eigenvalue weighted by Crippen LogP contribution is 2.30. The fourth-order valence-corrected chi connectivity index (χ4v) is 2.61. The molecule has 0 aromatic heterocycles. The van der Waals surface area contributed by atoms with E-state index in [9.17, 15) is 13.6 Å². The van der Waals surface area contributed by atoms with Crippen LogP contribution in [0.25, 0.3) is 0 Å². The molecule has 2 amide bonds. The first-order chi connectivity index (χ1) is 10.1. The van der Waals surface area contributed by atoms with E-state index in [1.54, 1.807) is 0 Å². The number of aryl methyl sites for hydroxylation is 1. The molecule has 5 heteroatoms. The summed E-state index contributed by atoms with van der Waals surface area (Å²) in [6.07, 6.45) is 1.76. The Morgan fingerprint density at radius 2 is 1.90 bits per heavy atom. The molecule has 1 aliphatic rings. The summed E-state index contributed by atoms with van der Waals surface area (Å²) in [6, 6.07) is 10.7. The summed E-state index contributed by atoms with van der Waals surface area (Å²) < 4.78 is 25.9. The van der Waals surface area contributed by atoms with Crippen LogP contribution in [0.5, 0.6) is 0 Å². The molecule has 0 fully saturated rings. The normalized spacial score (nSPS) is 16.4. The Balaban J connectivity index is 1.66. The Kier molecular flexibility index (Phi) is 3.56. The van der Waals surface area contributed by atoms with Crippen molar-refractivity contribution < 1.29 is 13.6 Å². The molecule has 0 saturated carbocycles. The molecule has 0 aliphatic heterocycles. The van der Waals surface area contributed by atoms with Gasteiger partial charge < -0.3 is 10.6 Å². The van der Waals surface area contributed by atoms with Crippen LogP contribution in [0.3, 0.4) is 0 Å². The van der Waals surface area contributed by atoms with Crippen LogP contribution in [0.15, 0.2) is 42.5 Å². The number of hydrogen-bond acceptors (Lipinski definition) is 1. The summed E-state index contributed by atoms with van der Waals surface area (Å²) in [7, 11) is 0. The van der Waals surface area contributed by atoms with Crippen LogP contribution in [0, 0.1) is 11.6 Å². The largest absolute Gasteiger partial charge is 0.331 e. The van der Waals surface area contributed by atoms with Gasteiger partial charge in [-0.3, -0.25) is 0 Å². The van der Waals surface area contributed by atoms with Crippen molar-refractivity contribution >= 4 is 11.7 Å². The van der Waals surface area contributed by atoms with Crippen molar-refractivity contribution in [2.75, 3.05) is 5.32 Å². The van der Waals surface area contributed by atoms with Crippen molar-refractivity contribution in [1.82, 2.24) is 5.32 Å². The molecule has 1 atom stereocenters. The summed E-state index contributed by atoms with van der Waals surface area (Å²) in [6.45, 7) is 0. The maximum atomic E-state index is 13.1. The smallest absolute Gasteiger partial charge is 0.319 e. The lowest BCUT2D eigenvalue weighted by Crippen LogP contribution is -2.31. The van der Waals surface area contributed by atoms with E-state index in [4.69, 9.17) is 0 Å². The summed E-state index contributed by atoms with van der Waals surface area (Å²) in [5.74, 6) is -1.93. The van der Waals surface area contributed by atoms with Gasteiger partial charge in [0, 0.05) is 11.8 Å². The first-order valence-electron chi connectivity index (χ1n) is 6.74. The third kappa shape index (κ3) is 2.86. The number of fused-ring (bicyclic) bond motifs is 1. The Labute approximate surface area is 121 Å². The maximum absolute atomic E-state index is 13.1. The van der Waals surface area contributed by atoms with Gasteiger partial charge in [0.25, 0.3) is 0 Å². The van der Waals surface area contributed by atoms with Crippen molar-refractivity contribution in [3.05, 3.63) is 65.2 Å². The van der Waals surface area contributed by atoms with Crippen LogP contribution in [-0.4, -0.2) is 6.03 Å². The van der Waals surface area contributed by atoms with Crippen LogP contribution >= 0.6 is 0 Å². The van der Waals surface area contributed by atoms with Crippen LogP contribution in [-0.2, 0) is 6.42 Å². The van der Waals surface area contributed by atoms with Gasteiger partial charge in [-0.1, -0.05) is 24.3 Å². The zero-order valence-electron chi connectivity index (χ0n) is 11.2. The van der Waals surface area contributed by atoms with Gasteiger partial charge in [-0.25, -0.2) is 13.6 Å². The van der Waals surface area contributed by atoms with E-state index in [0.29, 0.717) is 0 Å². The molecule has 3 rings (SSSR count). The number of urea groups is 1. The Morgan fingerprint density at radius 1 is 1.10 bits per heavy atom. The van der Waals surface area contributed by atoms with Gasteiger partial charge in [0.2, 0.25) is 0 Å². The van der Waals surface area contributed by atoms with Crippen molar-refractivity contribution in [2.24, 2.45) is 0 Å². The number of benzene rings is 2. The third-order valence-corrected chi connectivity index (χ3v) is 3.62. The molecule has 0 heterocycles. The van der Waals surface area contributed by atoms with E-state index in [2.05, 4.69) is 10.6 Å². The molecule has 0 bridgehead atoms. The minimum Gasteiger partial charge on any atom is -0.331 e. The summed E-state index contributed by atoms with van der Waals surface area (Å²) in [5, 5.41) is 5.36. The Hall–Kier alpha value is -2.43. The molecule has 2 N–H and O–H groups in total. The molecule has 1 aliphatic carbocycles. The van der Waals surface area contributed by atoms with E-state index in [1.165, 1.54) is 11.6 Å². The fourth-order valence-electron chi connectivity index (χ4n) is 2.61. The number of rotatable bonds is 2. The average molecular weight is 288 g/mol. The van der Waals surface area contributed by atoms with Crippen molar-refractivity contribution in [3.63, 3.8) is 0 Å². The second kappa shape index (κ2) is 5.52. The van der Waals surface area contributed by atoms with Crippen LogP contribution in [0.1, 0.15) is 23.6 Å². The number of nitrogens with one attached hydrogen (secondary N) is 2. The second-order valence-corrected chi connectivity index (χ2v) is 5.02. The lowest BCUT2D eigenvalue weighted by Gasteiger charge is -2.15. The molecule has 2 aromatic carbocycles. The lowest BCUT2D eigenvalue weighted by atomic mass is 10.1. The van der Waals surface area contributed by atoms with Crippen LogP contribution in [0.4, 0.5) is 19.3 Å². The number of amides is 2. The van der Waals surface area contributed by atoms with E-state index < -0.39 is 17.7 Å². The van der Waals surface area contributed by atoms with E-state index >= 15 is 0 Å². The topological polar surface area (TPSA) is 41.1 Å². The van der Waals surface area contributed by atoms with Gasteiger partial charge in [0.1, 0.15) is 0 Å². The molecular formula is C16H14F2N2O. The lowest BCUT2D eigenvalue weighted by molar-refractivity contribution is 0.248. The molecule has 108 valence electrons. The van der Waals surface area contributed by atoms with Gasteiger partial charge >= 0.3 is 6.03 Å². The molecular weight excluding hydrogens is 274 g/mol. The third-order valence-electron chi connectivity index (χ3n) is 3.62. The van der Waals surface area contributed by atoms with Gasteiger partial charge in [-0.2, -0.15) is 0 Å². The predicted molar refractivity (Wildman–Crippen MR) is 76.0 cm³/mol. The van der Waals surface area contributed by atoms with Crippen LogP contribution in [0.2, 0.25) is 0 Å². The summed E-state index contributed by atoms with van der Waals surface area (Å²) in [4.78, 5) is 11.9. The van der Waals surface area contributed by atoms with E-state index in [-0.39, 0.29) is 11.7 Å². The zero-order valence-corrected chi connectivity index (χ0v) is 11.2. The SMILES string of the molecule is O=C(Nc1ccc(F)c(F)c1)NC1CCc2ccccc21. The summed E-state index contributed by atoms with van der Waals surface area (Å²) >= 11 is 0. The number of hydrogen-bond donors (Lipinski definition) is 2. The molecule has 0 radical (unpaired) electrons. The first kappa shape index (κ1) is 13.5. The highest BCUT2D eigenvalue weighted by atomic mass is 19.2. The molecule has 0 spiro atoms. The monoisotopic (exact) mass is 288 g/mol. The number of halogens is 2. The van der Waals surface area contributed by atoms with Crippen LogP contribution < -0.4 is 10.6 Å². The molecule has 3 nitrogen and oxygen atoms in total. The molecule has 0 saturated heterocycles. The van der Waals surface area contributed by atoms with Gasteiger partial charge in [0.05, 0.1) is 6.04 Å². The highest BCUT2D eigenvalue weighted by molar-refractivity contribution is 5.89. The predicted octanol–water partition coefficient (Wildman–Crippen LogP) is 3.77. The molecule has 21 heavy (non-hydrogen) atoms.